The molecule has 1 fully saturated rings. The predicted octanol–water partition coefficient (Wildman–Crippen LogP) is 6.41. The maximum Gasteiger partial charge on any atom is 0.259 e. The number of carbonyl (C=O) groups excluding carboxylic acids is 1. The van der Waals surface area contributed by atoms with Crippen LogP contribution in [0.3, 0.4) is 0 Å². The zero-order chi connectivity index (χ0) is 31.4. The summed E-state index contributed by atoms with van der Waals surface area (Å²) in [7, 11) is 6.89. The summed E-state index contributed by atoms with van der Waals surface area (Å²) in [4.78, 5) is 35.8. The molecule has 230 valence electrons. The van der Waals surface area contributed by atoms with Crippen LogP contribution in [0.25, 0.3) is 22.0 Å². The number of halogens is 2. The molecule has 0 spiro atoms. The Labute approximate surface area is 266 Å². The van der Waals surface area contributed by atoms with Crippen molar-refractivity contribution in [3.8, 4) is 22.6 Å². The Morgan fingerprint density at radius 2 is 1.70 bits per heavy atom. The average molecular weight is 637 g/mol. The number of carbonyl (C=O) groups is 1. The molecule has 1 aliphatic rings. The van der Waals surface area contributed by atoms with Gasteiger partial charge in [0.1, 0.15) is 17.3 Å². The van der Waals surface area contributed by atoms with Crippen LogP contribution in [0, 0.1) is 0 Å². The second-order valence-corrected chi connectivity index (χ2v) is 11.6. The highest BCUT2D eigenvalue weighted by Crippen LogP contribution is 2.45. The van der Waals surface area contributed by atoms with Gasteiger partial charge in [0.05, 0.1) is 35.3 Å². The molecule has 0 unspecified atom stereocenters. The monoisotopic (exact) mass is 635 g/mol. The van der Waals surface area contributed by atoms with Crippen LogP contribution in [0.4, 0.5) is 11.5 Å². The first-order valence-electron chi connectivity index (χ1n) is 14.3. The van der Waals surface area contributed by atoms with Gasteiger partial charge in [-0.25, -0.2) is 4.98 Å². The number of aromatic nitrogens is 2. The van der Waals surface area contributed by atoms with E-state index in [4.69, 9.17) is 32.7 Å². The molecular formula is C33H35Cl2N5O4. The van der Waals surface area contributed by atoms with E-state index in [-0.39, 0.29) is 27.6 Å². The minimum atomic E-state index is -0.260. The van der Waals surface area contributed by atoms with E-state index in [2.05, 4.69) is 10.3 Å². The van der Waals surface area contributed by atoms with Crippen molar-refractivity contribution < 1.29 is 14.3 Å². The van der Waals surface area contributed by atoms with E-state index in [1.807, 2.05) is 66.4 Å². The largest absolute Gasteiger partial charge is 0.495 e. The Kier molecular flexibility index (Phi) is 9.78. The number of rotatable bonds is 9. The van der Waals surface area contributed by atoms with Crippen molar-refractivity contribution in [3.05, 3.63) is 87.3 Å². The molecule has 1 aliphatic heterocycles. The summed E-state index contributed by atoms with van der Waals surface area (Å²) < 4.78 is 12.8. The lowest BCUT2D eigenvalue weighted by Crippen LogP contribution is -2.40. The van der Waals surface area contributed by atoms with Crippen molar-refractivity contribution in [1.82, 2.24) is 19.4 Å². The second kappa shape index (κ2) is 13.7. The Morgan fingerprint density at radius 1 is 1.05 bits per heavy atom. The number of benzene rings is 2. The standard InChI is InChI=1S/C33H35Cl2N5O4/c1-38(2)14-8-11-29(41)39-15-12-23(13-16-39)40-25-18-28(37-22-9-6-5-7-10-22)36-20-21(25)17-24(33(40)42)30-31(34)26(43-3)19-27(44-4)32(30)35/h5-11,17-20,23H,12-16H2,1-4H3,(H,36,37). The predicted molar refractivity (Wildman–Crippen MR) is 177 cm³/mol. The molecule has 0 radical (unpaired) electrons. The van der Waals surface area contributed by atoms with Crippen LogP contribution in [0.1, 0.15) is 18.9 Å². The van der Waals surface area contributed by atoms with Gasteiger partial charge in [-0.3, -0.25) is 9.59 Å². The fourth-order valence-electron chi connectivity index (χ4n) is 5.45. The lowest BCUT2D eigenvalue weighted by molar-refractivity contribution is -0.127. The molecule has 2 aromatic carbocycles. The number of fused-ring (bicyclic) bond motifs is 1. The number of nitrogens with zero attached hydrogens (tertiary/aromatic N) is 4. The van der Waals surface area contributed by atoms with E-state index >= 15 is 0 Å². The number of amides is 1. The first-order valence-corrected chi connectivity index (χ1v) is 15.0. The van der Waals surface area contributed by atoms with Gasteiger partial charge in [0.25, 0.3) is 5.56 Å². The number of para-hydroxylation sites is 1. The van der Waals surface area contributed by atoms with Crippen molar-refractivity contribution in [1.29, 1.82) is 0 Å². The topological polar surface area (TPSA) is 88.9 Å². The van der Waals surface area contributed by atoms with Gasteiger partial charge >= 0.3 is 0 Å². The van der Waals surface area contributed by atoms with Crippen molar-refractivity contribution >= 4 is 51.5 Å². The summed E-state index contributed by atoms with van der Waals surface area (Å²) in [5.41, 5.74) is 1.96. The van der Waals surface area contributed by atoms with Crippen LogP contribution in [0.5, 0.6) is 11.5 Å². The highest BCUT2D eigenvalue weighted by molar-refractivity contribution is 6.41. The van der Waals surface area contributed by atoms with Crippen molar-refractivity contribution in [2.24, 2.45) is 0 Å². The van der Waals surface area contributed by atoms with Crippen molar-refractivity contribution in [2.45, 2.75) is 18.9 Å². The molecule has 5 rings (SSSR count). The summed E-state index contributed by atoms with van der Waals surface area (Å²) in [5, 5.41) is 4.48. The number of hydrogen-bond donors (Lipinski definition) is 1. The minimum absolute atomic E-state index is 0.0307. The molecule has 0 aliphatic carbocycles. The summed E-state index contributed by atoms with van der Waals surface area (Å²) >= 11 is 13.6. The summed E-state index contributed by atoms with van der Waals surface area (Å²) in [6.45, 7) is 1.72. The van der Waals surface area contributed by atoms with E-state index in [1.165, 1.54) is 14.2 Å². The number of anilines is 2. The van der Waals surface area contributed by atoms with Crippen molar-refractivity contribution in [2.75, 3.05) is 53.3 Å². The lowest BCUT2D eigenvalue weighted by atomic mass is 10.00. The van der Waals surface area contributed by atoms with Gasteiger partial charge in [-0.1, -0.05) is 47.5 Å². The van der Waals surface area contributed by atoms with Gasteiger partial charge < -0.3 is 29.2 Å². The van der Waals surface area contributed by atoms with Crippen LogP contribution >= 0.6 is 23.2 Å². The van der Waals surface area contributed by atoms with Gasteiger partial charge in [0.2, 0.25) is 5.91 Å². The number of ether oxygens (including phenoxy) is 2. The van der Waals surface area contributed by atoms with Gasteiger partial charge in [-0.2, -0.15) is 0 Å². The molecule has 1 saturated heterocycles. The first kappa shape index (κ1) is 31.4. The smallest absolute Gasteiger partial charge is 0.259 e. The number of piperidine rings is 1. The molecule has 11 heteroatoms. The van der Waals surface area contributed by atoms with Gasteiger partial charge in [0.15, 0.2) is 0 Å². The zero-order valence-electron chi connectivity index (χ0n) is 25.1. The molecule has 2 aromatic heterocycles. The number of pyridine rings is 2. The maximum absolute atomic E-state index is 14.5. The Bertz CT molecular complexity index is 1720. The Morgan fingerprint density at radius 3 is 2.32 bits per heavy atom. The molecule has 3 heterocycles. The third-order valence-corrected chi connectivity index (χ3v) is 8.43. The Balaban J connectivity index is 1.61. The average Bonchev–Trinajstić information content (AvgIpc) is 3.02. The number of likely N-dealkylation sites (tertiary alicyclic amines) is 1. The van der Waals surface area contributed by atoms with Crippen LogP contribution in [-0.4, -0.2) is 73.2 Å². The molecule has 0 bridgehead atoms. The maximum atomic E-state index is 14.5. The van der Waals surface area contributed by atoms with Crippen LogP contribution in [-0.2, 0) is 4.79 Å². The summed E-state index contributed by atoms with van der Waals surface area (Å²) in [5.74, 6) is 1.24. The molecule has 0 saturated carbocycles. The molecule has 1 N–H and O–H groups in total. The van der Waals surface area contributed by atoms with Gasteiger partial charge in [-0.05, 0) is 45.1 Å². The molecule has 4 aromatic rings. The van der Waals surface area contributed by atoms with E-state index in [9.17, 15) is 9.59 Å². The van der Waals surface area contributed by atoms with Crippen LogP contribution in [0.2, 0.25) is 10.0 Å². The molecule has 9 nitrogen and oxygen atoms in total. The third-order valence-electron chi connectivity index (χ3n) is 7.68. The van der Waals surface area contributed by atoms with Crippen molar-refractivity contribution in [3.63, 3.8) is 0 Å². The number of likely N-dealkylation sites (N-methyl/N-ethyl adjacent to an activating group) is 1. The number of nitrogens with one attached hydrogen (secondary N) is 1. The Hall–Kier alpha value is -4.05. The minimum Gasteiger partial charge on any atom is -0.495 e. The van der Waals surface area contributed by atoms with Gasteiger partial charge in [-0.15, -0.1) is 0 Å². The fourth-order valence-corrected chi connectivity index (χ4v) is 6.15. The van der Waals surface area contributed by atoms with Crippen LogP contribution in [0.15, 0.2) is 71.7 Å². The molecule has 44 heavy (non-hydrogen) atoms. The highest BCUT2D eigenvalue weighted by atomic mass is 35.5. The summed E-state index contributed by atoms with van der Waals surface area (Å²) in [6, 6.07) is 14.8. The molecule has 1 amide bonds. The normalized spacial score (nSPS) is 14.0. The van der Waals surface area contributed by atoms with E-state index in [0.717, 1.165) is 11.1 Å². The lowest BCUT2D eigenvalue weighted by Gasteiger charge is -2.33. The third kappa shape index (κ3) is 6.55. The van der Waals surface area contributed by atoms with E-state index < -0.39 is 0 Å². The van der Waals surface area contributed by atoms with E-state index in [1.54, 1.807) is 29.0 Å². The fraction of sp³-hybridized carbons (Fsp3) is 0.303. The second-order valence-electron chi connectivity index (χ2n) is 10.9. The van der Waals surface area contributed by atoms with Crippen LogP contribution < -0.4 is 20.3 Å². The number of methoxy groups -OCH3 is 2. The summed E-state index contributed by atoms with van der Waals surface area (Å²) in [6.07, 6.45) is 6.40. The first-order chi connectivity index (χ1) is 21.2. The van der Waals surface area contributed by atoms with E-state index in [0.29, 0.717) is 66.4 Å². The highest BCUT2D eigenvalue weighted by Gasteiger charge is 2.28. The number of hydrogen-bond acceptors (Lipinski definition) is 7. The molecule has 0 atom stereocenters. The SMILES string of the molecule is COc1cc(OC)c(Cl)c(-c2cc3cnc(Nc4ccccc4)cc3n(C3CCN(C(=O)C=CCN(C)C)CC3)c2=O)c1Cl. The molecular weight excluding hydrogens is 601 g/mol. The quantitative estimate of drug-likeness (QED) is 0.213. The van der Waals surface area contributed by atoms with Gasteiger partial charge in [0, 0.05) is 66.7 Å². The zero-order valence-corrected chi connectivity index (χ0v) is 26.7.